The van der Waals surface area contributed by atoms with Crippen LogP contribution < -0.4 is 5.32 Å². The summed E-state index contributed by atoms with van der Waals surface area (Å²) in [6, 6.07) is 13.4. The van der Waals surface area contributed by atoms with Crippen LogP contribution in [-0.4, -0.2) is 10.9 Å². The highest BCUT2D eigenvalue weighted by atomic mass is 32.1. The molecule has 4 aromatic rings. The van der Waals surface area contributed by atoms with Gasteiger partial charge in [0.25, 0.3) is 5.91 Å². The molecule has 1 amide bonds. The first kappa shape index (κ1) is 14.0. The molecular weight excluding hydrogens is 308 g/mol. The molecule has 0 aliphatic carbocycles. The lowest BCUT2D eigenvalue weighted by Gasteiger charge is -1.97. The topological polar surface area (TPSA) is 55.1 Å². The molecule has 2 heterocycles. The van der Waals surface area contributed by atoms with E-state index in [1.165, 1.54) is 22.5 Å². The molecule has 0 radical (unpaired) electrons. The lowest BCUT2D eigenvalue weighted by Crippen LogP contribution is -2.10. The number of thiazole rings is 1. The van der Waals surface area contributed by atoms with E-state index >= 15 is 0 Å². The smallest absolute Gasteiger partial charge is 0.293 e. The number of anilines is 1. The Hall–Kier alpha value is -2.66. The van der Waals surface area contributed by atoms with Crippen LogP contribution in [0.4, 0.5) is 5.13 Å². The van der Waals surface area contributed by atoms with Crippen LogP contribution in [0.25, 0.3) is 21.2 Å². The van der Waals surface area contributed by atoms with Gasteiger partial charge < -0.3 is 4.42 Å². The highest BCUT2D eigenvalue weighted by molar-refractivity contribution is 7.22. The molecule has 23 heavy (non-hydrogen) atoms. The van der Waals surface area contributed by atoms with Gasteiger partial charge in [0, 0.05) is 5.39 Å². The van der Waals surface area contributed by atoms with E-state index in [4.69, 9.17) is 4.42 Å². The van der Waals surface area contributed by atoms with Crippen molar-refractivity contribution >= 4 is 43.6 Å². The predicted molar refractivity (Wildman–Crippen MR) is 93.3 cm³/mol. The number of carbonyl (C=O) groups is 1. The molecule has 5 heteroatoms. The number of rotatable bonds is 2. The molecule has 0 unspecified atom stereocenters. The van der Waals surface area contributed by atoms with Crippen LogP contribution in [0.2, 0.25) is 0 Å². The minimum absolute atomic E-state index is 0.284. The van der Waals surface area contributed by atoms with Gasteiger partial charge in [0.2, 0.25) is 0 Å². The number of para-hydroxylation sites is 1. The maximum Gasteiger partial charge on any atom is 0.293 e. The van der Waals surface area contributed by atoms with Gasteiger partial charge in [-0.25, -0.2) is 4.98 Å². The van der Waals surface area contributed by atoms with Crippen LogP contribution in [-0.2, 0) is 0 Å². The van der Waals surface area contributed by atoms with Crippen LogP contribution >= 0.6 is 11.3 Å². The van der Waals surface area contributed by atoms with Crippen LogP contribution in [0.5, 0.6) is 0 Å². The first-order valence-corrected chi connectivity index (χ1v) is 8.09. The molecule has 0 fully saturated rings. The van der Waals surface area contributed by atoms with Crippen LogP contribution in [0.1, 0.15) is 21.7 Å². The Bertz CT molecular complexity index is 974. The zero-order valence-electron chi connectivity index (χ0n) is 12.7. The summed E-state index contributed by atoms with van der Waals surface area (Å²) in [4.78, 5) is 16.8. The molecule has 1 N–H and O–H groups in total. The summed E-state index contributed by atoms with van der Waals surface area (Å²) in [5, 5.41) is 4.31. The lowest BCUT2D eigenvalue weighted by atomic mass is 10.1. The number of amides is 1. The van der Waals surface area contributed by atoms with Crippen molar-refractivity contribution in [2.45, 2.75) is 13.8 Å². The molecule has 0 atom stereocenters. The molecule has 4 rings (SSSR count). The van der Waals surface area contributed by atoms with Crippen molar-refractivity contribution in [2.24, 2.45) is 0 Å². The largest absolute Gasteiger partial charge is 0.451 e. The Kier molecular flexibility index (Phi) is 3.16. The number of furan rings is 1. The number of carbonyl (C=O) groups excluding carboxylic acids is 1. The van der Waals surface area contributed by atoms with Gasteiger partial charge in [-0.05, 0) is 49.2 Å². The molecule has 2 aromatic carbocycles. The third kappa shape index (κ3) is 2.49. The van der Waals surface area contributed by atoms with E-state index in [2.05, 4.69) is 30.2 Å². The van der Waals surface area contributed by atoms with E-state index in [9.17, 15) is 4.79 Å². The van der Waals surface area contributed by atoms with Crippen molar-refractivity contribution in [3.05, 3.63) is 59.4 Å². The third-order valence-corrected chi connectivity index (χ3v) is 4.81. The maximum absolute atomic E-state index is 12.4. The number of hydrogen-bond acceptors (Lipinski definition) is 4. The standard InChI is InChI=1S/C18H14N2O2S/c1-10-7-13-16(8-11(10)2)23-18(19-13)20-17(21)15-9-12-5-3-4-6-14(12)22-15/h3-9H,1-2H3,(H,19,20,21). The van der Waals surface area contributed by atoms with E-state index in [1.807, 2.05) is 30.3 Å². The number of nitrogens with zero attached hydrogens (tertiary/aromatic N) is 1. The number of nitrogens with one attached hydrogen (secondary N) is 1. The molecule has 0 bridgehead atoms. The van der Waals surface area contributed by atoms with Gasteiger partial charge in [-0.15, -0.1) is 0 Å². The summed E-state index contributed by atoms with van der Waals surface area (Å²) < 4.78 is 6.64. The summed E-state index contributed by atoms with van der Waals surface area (Å²) in [6.07, 6.45) is 0. The molecule has 0 aliphatic heterocycles. The number of benzene rings is 2. The van der Waals surface area contributed by atoms with Gasteiger partial charge in [0.1, 0.15) is 5.58 Å². The second-order valence-electron chi connectivity index (χ2n) is 5.53. The Labute approximate surface area is 136 Å². The first-order chi connectivity index (χ1) is 11.1. The van der Waals surface area contributed by atoms with E-state index in [0.717, 1.165) is 15.6 Å². The number of fused-ring (bicyclic) bond motifs is 2. The number of aryl methyl sites for hydroxylation is 2. The summed E-state index contributed by atoms with van der Waals surface area (Å²) in [5.41, 5.74) is 4.01. The molecule has 114 valence electrons. The zero-order chi connectivity index (χ0) is 16.0. The molecular formula is C18H14N2O2S. The predicted octanol–water partition coefficient (Wildman–Crippen LogP) is 4.91. The summed E-state index contributed by atoms with van der Waals surface area (Å²) in [6.45, 7) is 4.13. The fraction of sp³-hybridized carbons (Fsp3) is 0.111. The SMILES string of the molecule is Cc1cc2nc(NC(=O)c3cc4ccccc4o3)sc2cc1C. The molecule has 4 nitrogen and oxygen atoms in total. The average Bonchev–Trinajstić information content (AvgIpc) is 3.11. The first-order valence-electron chi connectivity index (χ1n) is 7.28. The Morgan fingerprint density at radius 3 is 2.74 bits per heavy atom. The Morgan fingerprint density at radius 2 is 1.91 bits per heavy atom. The average molecular weight is 322 g/mol. The van der Waals surface area contributed by atoms with Crippen molar-refractivity contribution in [3.63, 3.8) is 0 Å². The van der Waals surface area contributed by atoms with Gasteiger partial charge in [-0.3, -0.25) is 10.1 Å². The highest BCUT2D eigenvalue weighted by Crippen LogP contribution is 2.29. The summed E-state index contributed by atoms with van der Waals surface area (Å²) in [7, 11) is 0. The second kappa shape index (κ2) is 5.21. The minimum atomic E-state index is -0.284. The van der Waals surface area contributed by atoms with Crippen molar-refractivity contribution in [3.8, 4) is 0 Å². The van der Waals surface area contributed by atoms with Crippen LogP contribution in [0, 0.1) is 13.8 Å². The molecule has 2 aromatic heterocycles. The van der Waals surface area contributed by atoms with Crippen LogP contribution in [0.3, 0.4) is 0 Å². The number of aromatic nitrogens is 1. The van der Waals surface area contributed by atoms with E-state index in [0.29, 0.717) is 10.7 Å². The Morgan fingerprint density at radius 1 is 1.13 bits per heavy atom. The van der Waals surface area contributed by atoms with Crippen molar-refractivity contribution < 1.29 is 9.21 Å². The van der Waals surface area contributed by atoms with Crippen molar-refractivity contribution in [2.75, 3.05) is 5.32 Å². The molecule has 0 aliphatic rings. The van der Waals surface area contributed by atoms with Gasteiger partial charge >= 0.3 is 0 Å². The lowest BCUT2D eigenvalue weighted by molar-refractivity contribution is 0.0998. The van der Waals surface area contributed by atoms with Gasteiger partial charge in [-0.1, -0.05) is 29.5 Å². The summed E-state index contributed by atoms with van der Waals surface area (Å²) >= 11 is 1.47. The monoisotopic (exact) mass is 322 g/mol. The normalized spacial score (nSPS) is 11.2. The van der Waals surface area contributed by atoms with Crippen molar-refractivity contribution in [1.29, 1.82) is 0 Å². The Balaban J connectivity index is 1.65. The molecule has 0 spiro atoms. The van der Waals surface area contributed by atoms with Crippen molar-refractivity contribution in [1.82, 2.24) is 4.98 Å². The van der Waals surface area contributed by atoms with E-state index in [1.54, 1.807) is 6.07 Å². The van der Waals surface area contributed by atoms with Crippen LogP contribution in [0.15, 0.2) is 46.9 Å². The number of hydrogen-bond donors (Lipinski definition) is 1. The molecule has 0 saturated carbocycles. The van der Waals surface area contributed by atoms with Gasteiger partial charge in [0.05, 0.1) is 10.2 Å². The highest BCUT2D eigenvalue weighted by Gasteiger charge is 2.14. The van der Waals surface area contributed by atoms with Gasteiger partial charge in [-0.2, -0.15) is 0 Å². The second-order valence-corrected chi connectivity index (χ2v) is 6.56. The maximum atomic E-state index is 12.4. The third-order valence-electron chi connectivity index (χ3n) is 3.87. The fourth-order valence-corrected chi connectivity index (χ4v) is 3.43. The van der Waals surface area contributed by atoms with Gasteiger partial charge in [0.15, 0.2) is 10.9 Å². The quantitative estimate of drug-likeness (QED) is 0.570. The van der Waals surface area contributed by atoms with E-state index in [-0.39, 0.29) is 11.7 Å². The molecule has 0 saturated heterocycles. The minimum Gasteiger partial charge on any atom is -0.451 e. The van der Waals surface area contributed by atoms with E-state index < -0.39 is 0 Å². The fourth-order valence-electron chi connectivity index (χ4n) is 2.49. The zero-order valence-corrected chi connectivity index (χ0v) is 13.5. The summed E-state index contributed by atoms with van der Waals surface area (Å²) in [5.74, 6) is 0.00603.